The Morgan fingerprint density at radius 3 is 2.58 bits per heavy atom. The zero-order chi connectivity index (χ0) is 19.0. The van der Waals surface area contributed by atoms with Gasteiger partial charge in [0.05, 0.1) is 9.82 Å². The van der Waals surface area contributed by atoms with Crippen LogP contribution in [0.1, 0.15) is 11.3 Å². The minimum absolute atomic E-state index is 0.0863. The summed E-state index contributed by atoms with van der Waals surface area (Å²) in [6, 6.07) is 10.3. The van der Waals surface area contributed by atoms with Crippen LogP contribution >= 0.6 is 11.8 Å². The Labute approximate surface area is 156 Å². The molecule has 3 aromatic rings. The monoisotopic (exact) mass is 371 g/mol. The third-order valence-corrected chi connectivity index (χ3v) is 5.70. The van der Waals surface area contributed by atoms with Crippen LogP contribution in [0, 0.1) is 17.0 Å². The molecule has 0 aliphatic rings. The number of phenols is 1. The molecule has 0 bridgehead atoms. The van der Waals surface area contributed by atoms with Crippen LogP contribution in [-0.2, 0) is 13.6 Å². The van der Waals surface area contributed by atoms with Crippen molar-refractivity contribution in [2.45, 2.75) is 23.3 Å². The van der Waals surface area contributed by atoms with Crippen LogP contribution in [0.5, 0.6) is 5.75 Å². The summed E-state index contributed by atoms with van der Waals surface area (Å²) in [6.45, 7) is 2.57. The molecule has 3 rings (SSSR count). The molecule has 26 heavy (non-hydrogen) atoms. The summed E-state index contributed by atoms with van der Waals surface area (Å²) in [7, 11) is 5.86. The fraction of sp³-hybridized carbons (Fsp3) is 0.263. The molecule has 6 nitrogen and oxygen atoms in total. The van der Waals surface area contributed by atoms with Gasteiger partial charge in [0, 0.05) is 46.7 Å². The standard InChI is InChI=1S/C19H21N3O3S/c1-12-19(26-17-8-6-5-7-14(17)22(24)25)18-13(11-20(2)3)16(23)10-9-15(18)21(12)4/h5-10,23H,11H2,1-4H3. The number of aromatic hydroxyl groups is 1. The fourth-order valence-corrected chi connectivity index (χ4v) is 4.30. The van der Waals surface area contributed by atoms with E-state index >= 15 is 0 Å². The van der Waals surface area contributed by atoms with Crippen molar-refractivity contribution < 1.29 is 10.0 Å². The van der Waals surface area contributed by atoms with E-state index in [1.165, 1.54) is 17.8 Å². The summed E-state index contributed by atoms with van der Waals surface area (Å²) >= 11 is 1.38. The van der Waals surface area contributed by atoms with Gasteiger partial charge in [0.2, 0.25) is 0 Å². The van der Waals surface area contributed by atoms with Crippen LogP contribution in [0.3, 0.4) is 0 Å². The molecule has 1 heterocycles. The van der Waals surface area contributed by atoms with Gasteiger partial charge in [0.15, 0.2) is 0 Å². The van der Waals surface area contributed by atoms with Crippen LogP contribution < -0.4 is 0 Å². The maximum Gasteiger partial charge on any atom is 0.283 e. The lowest BCUT2D eigenvalue weighted by molar-refractivity contribution is -0.387. The number of nitro benzene ring substituents is 1. The number of para-hydroxylation sites is 1. The van der Waals surface area contributed by atoms with E-state index in [2.05, 4.69) is 4.57 Å². The van der Waals surface area contributed by atoms with E-state index in [1.54, 1.807) is 24.3 Å². The zero-order valence-electron chi connectivity index (χ0n) is 15.2. The highest BCUT2D eigenvalue weighted by atomic mass is 32.2. The number of fused-ring (bicyclic) bond motifs is 1. The lowest BCUT2D eigenvalue weighted by Crippen LogP contribution is -2.11. The lowest BCUT2D eigenvalue weighted by Gasteiger charge is -2.14. The topological polar surface area (TPSA) is 71.5 Å². The van der Waals surface area contributed by atoms with E-state index in [4.69, 9.17) is 0 Å². The molecule has 0 aliphatic heterocycles. The highest BCUT2D eigenvalue weighted by Gasteiger charge is 2.22. The summed E-state index contributed by atoms with van der Waals surface area (Å²) in [5, 5.41) is 22.8. The van der Waals surface area contributed by atoms with E-state index < -0.39 is 0 Å². The van der Waals surface area contributed by atoms with Gasteiger partial charge in [-0.25, -0.2) is 0 Å². The highest BCUT2D eigenvalue weighted by molar-refractivity contribution is 7.99. The predicted molar refractivity (Wildman–Crippen MR) is 104 cm³/mol. The molecule has 0 atom stereocenters. The van der Waals surface area contributed by atoms with Crippen molar-refractivity contribution in [3.63, 3.8) is 0 Å². The molecule has 0 spiro atoms. The Morgan fingerprint density at radius 1 is 1.23 bits per heavy atom. The quantitative estimate of drug-likeness (QED) is 0.534. The first kappa shape index (κ1) is 18.3. The summed E-state index contributed by atoms with van der Waals surface area (Å²) < 4.78 is 2.06. The van der Waals surface area contributed by atoms with Crippen molar-refractivity contribution in [2.75, 3.05) is 14.1 Å². The molecule has 0 saturated carbocycles. The molecular weight excluding hydrogens is 350 g/mol. The van der Waals surface area contributed by atoms with Crippen molar-refractivity contribution in [1.82, 2.24) is 9.47 Å². The maximum atomic E-state index is 11.4. The smallest absolute Gasteiger partial charge is 0.283 e. The van der Waals surface area contributed by atoms with Gasteiger partial charge in [-0.2, -0.15) is 0 Å². The molecule has 0 amide bonds. The fourth-order valence-electron chi connectivity index (χ4n) is 3.08. The molecule has 0 radical (unpaired) electrons. The number of hydrogen-bond donors (Lipinski definition) is 1. The molecule has 1 aromatic heterocycles. The molecule has 2 aromatic carbocycles. The van der Waals surface area contributed by atoms with E-state index in [0.717, 1.165) is 27.1 Å². The minimum Gasteiger partial charge on any atom is -0.508 e. The van der Waals surface area contributed by atoms with Crippen molar-refractivity contribution in [1.29, 1.82) is 0 Å². The number of phenolic OH excluding ortho intramolecular Hbond substituents is 1. The summed E-state index contributed by atoms with van der Waals surface area (Å²) in [4.78, 5) is 14.5. The van der Waals surface area contributed by atoms with Crippen molar-refractivity contribution in [2.24, 2.45) is 7.05 Å². The number of aromatic nitrogens is 1. The van der Waals surface area contributed by atoms with Gasteiger partial charge >= 0.3 is 0 Å². The molecule has 1 N–H and O–H groups in total. The predicted octanol–water partition coefficient (Wildman–Crippen LogP) is 4.31. The van der Waals surface area contributed by atoms with E-state index in [-0.39, 0.29) is 16.4 Å². The Hall–Kier alpha value is -2.51. The van der Waals surface area contributed by atoms with Gasteiger partial charge in [-0.3, -0.25) is 10.1 Å². The highest BCUT2D eigenvalue weighted by Crippen LogP contribution is 2.44. The van der Waals surface area contributed by atoms with E-state index in [0.29, 0.717) is 11.4 Å². The maximum absolute atomic E-state index is 11.4. The SMILES string of the molecule is Cc1c(Sc2ccccc2[N+](=O)[O-])c2c(CN(C)C)c(O)ccc2n1C. The first-order chi connectivity index (χ1) is 12.3. The number of aryl methyl sites for hydroxylation is 1. The number of nitro groups is 1. The van der Waals surface area contributed by atoms with Crippen LogP contribution in [0.4, 0.5) is 5.69 Å². The second kappa shape index (κ2) is 7.01. The van der Waals surface area contributed by atoms with Crippen molar-refractivity contribution in [3.8, 4) is 5.75 Å². The largest absolute Gasteiger partial charge is 0.508 e. The average Bonchev–Trinajstić information content (AvgIpc) is 2.82. The van der Waals surface area contributed by atoms with Gasteiger partial charge in [0.1, 0.15) is 5.75 Å². The zero-order valence-corrected chi connectivity index (χ0v) is 16.0. The molecule has 0 aliphatic carbocycles. The number of rotatable bonds is 5. The Morgan fingerprint density at radius 2 is 1.92 bits per heavy atom. The van der Waals surface area contributed by atoms with Gasteiger partial charge in [-0.1, -0.05) is 23.9 Å². The van der Waals surface area contributed by atoms with Crippen LogP contribution in [0.25, 0.3) is 10.9 Å². The molecule has 136 valence electrons. The first-order valence-corrected chi connectivity index (χ1v) is 8.98. The Balaban J connectivity index is 2.25. The van der Waals surface area contributed by atoms with Gasteiger partial charge < -0.3 is 14.6 Å². The van der Waals surface area contributed by atoms with Gasteiger partial charge in [0.25, 0.3) is 5.69 Å². The van der Waals surface area contributed by atoms with Gasteiger partial charge in [-0.15, -0.1) is 0 Å². The molecule has 0 saturated heterocycles. The molecular formula is C19H21N3O3S. The molecule has 0 fully saturated rings. The number of hydrogen-bond acceptors (Lipinski definition) is 5. The average molecular weight is 371 g/mol. The second-order valence-electron chi connectivity index (χ2n) is 6.50. The lowest BCUT2D eigenvalue weighted by atomic mass is 10.1. The van der Waals surface area contributed by atoms with E-state index in [1.807, 2.05) is 39.0 Å². The van der Waals surface area contributed by atoms with Crippen molar-refractivity contribution >= 4 is 28.4 Å². The van der Waals surface area contributed by atoms with Crippen LogP contribution in [0.2, 0.25) is 0 Å². The third-order valence-electron chi connectivity index (χ3n) is 4.43. The van der Waals surface area contributed by atoms with E-state index in [9.17, 15) is 15.2 Å². The Bertz CT molecular complexity index is 995. The minimum atomic E-state index is -0.360. The number of benzene rings is 2. The third kappa shape index (κ3) is 3.15. The van der Waals surface area contributed by atoms with Gasteiger partial charge in [-0.05, 0) is 39.2 Å². The van der Waals surface area contributed by atoms with Crippen LogP contribution in [0.15, 0.2) is 46.2 Å². The first-order valence-electron chi connectivity index (χ1n) is 8.17. The molecule has 0 unspecified atom stereocenters. The van der Waals surface area contributed by atoms with Crippen LogP contribution in [-0.4, -0.2) is 33.6 Å². The second-order valence-corrected chi connectivity index (χ2v) is 7.55. The molecule has 7 heteroatoms. The summed E-state index contributed by atoms with van der Waals surface area (Å²) in [5.74, 6) is 0.237. The summed E-state index contributed by atoms with van der Waals surface area (Å²) in [5.41, 5.74) is 2.92. The van der Waals surface area contributed by atoms with Crippen molar-refractivity contribution in [3.05, 3.63) is 57.8 Å². The normalized spacial score (nSPS) is 11.4. The number of nitrogens with zero attached hydrogens (tertiary/aromatic N) is 3. The Kier molecular flexibility index (Phi) is 4.93. The summed E-state index contributed by atoms with van der Waals surface area (Å²) in [6.07, 6.45) is 0.